The number of hydrogen-bond acceptors (Lipinski definition) is 3. The molecule has 0 fully saturated rings. The predicted octanol–water partition coefficient (Wildman–Crippen LogP) is 2.45. The van der Waals surface area contributed by atoms with E-state index < -0.39 is 5.82 Å². The van der Waals surface area contributed by atoms with Crippen LogP contribution in [0.3, 0.4) is 0 Å². The van der Waals surface area contributed by atoms with Gasteiger partial charge in [0.15, 0.2) is 5.84 Å². The van der Waals surface area contributed by atoms with Crippen molar-refractivity contribution in [2.24, 2.45) is 16.3 Å². The molecule has 0 bridgehead atoms. The van der Waals surface area contributed by atoms with Gasteiger partial charge in [0.25, 0.3) is 0 Å². The van der Waals surface area contributed by atoms with Crippen molar-refractivity contribution in [2.75, 3.05) is 6.54 Å². The molecule has 0 unspecified atom stereocenters. The van der Waals surface area contributed by atoms with Crippen molar-refractivity contribution in [3.8, 4) is 0 Å². The van der Waals surface area contributed by atoms with Crippen LogP contribution in [0.5, 0.6) is 0 Å². The lowest BCUT2D eigenvalue weighted by Crippen LogP contribution is -2.22. The van der Waals surface area contributed by atoms with Crippen LogP contribution in [0.2, 0.25) is 0 Å². The zero-order valence-corrected chi connectivity index (χ0v) is 11.7. The van der Waals surface area contributed by atoms with E-state index in [2.05, 4.69) is 31.2 Å². The average molecular weight is 267 g/mol. The molecule has 4 N–H and O–H groups in total. The second kappa shape index (κ2) is 6.52. The third-order valence-corrected chi connectivity index (χ3v) is 2.83. The number of rotatable bonds is 5. The van der Waals surface area contributed by atoms with Gasteiger partial charge in [-0.3, -0.25) is 0 Å². The fourth-order valence-electron chi connectivity index (χ4n) is 1.65. The molecule has 0 aromatic heterocycles. The Morgan fingerprint density at radius 3 is 2.68 bits per heavy atom. The van der Waals surface area contributed by atoms with Crippen molar-refractivity contribution in [1.82, 2.24) is 5.32 Å². The van der Waals surface area contributed by atoms with Crippen LogP contribution in [-0.4, -0.2) is 17.6 Å². The lowest BCUT2D eigenvalue weighted by molar-refractivity contribution is 0.318. The summed E-state index contributed by atoms with van der Waals surface area (Å²) in [6.07, 6.45) is 1.01. The largest absolute Gasteiger partial charge is 0.409 e. The maximum absolute atomic E-state index is 14.1. The van der Waals surface area contributed by atoms with Gasteiger partial charge in [-0.05, 0) is 24.4 Å². The van der Waals surface area contributed by atoms with E-state index in [4.69, 9.17) is 10.9 Å². The molecule has 0 aliphatic carbocycles. The number of nitrogens with one attached hydrogen (secondary N) is 1. The Hall–Kier alpha value is -1.62. The Balaban J connectivity index is 2.65. The van der Waals surface area contributed by atoms with Crippen molar-refractivity contribution >= 4 is 5.84 Å². The van der Waals surface area contributed by atoms with Gasteiger partial charge >= 0.3 is 0 Å². The predicted molar refractivity (Wildman–Crippen MR) is 74.7 cm³/mol. The van der Waals surface area contributed by atoms with Crippen molar-refractivity contribution in [2.45, 2.75) is 33.7 Å². The van der Waals surface area contributed by atoms with E-state index in [0.29, 0.717) is 12.1 Å². The van der Waals surface area contributed by atoms with E-state index in [9.17, 15) is 4.39 Å². The summed E-state index contributed by atoms with van der Waals surface area (Å²) in [7, 11) is 0. The van der Waals surface area contributed by atoms with Crippen LogP contribution in [0.15, 0.2) is 23.4 Å². The molecule has 0 spiro atoms. The second-order valence-corrected chi connectivity index (χ2v) is 5.75. The van der Waals surface area contributed by atoms with Gasteiger partial charge in [-0.15, -0.1) is 0 Å². The molecule has 1 rings (SSSR count). The molecule has 0 atom stereocenters. The molecule has 0 saturated carbocycles. The molecule has 106 valence electrons. The van der Waals surface area contributed by atoms with Crippen molar-refractivity contribution in [3.05, 3.63) is 35.1 Å². The van der Waals surface area contributed by atoms with Crippen LogP contribution >= 0.6 is 0 Å². The van der Waals surface area contributed by atoms with Crippen LogP contribution in [-0.2, 0) is 6.54 Å². The Bertz CT molecular complexity index is 452. The zero-order valence-electron chi connectivity index (χ0n) is 11.7. The molecular weight excluding hydrogens is 245 g/mol. The highest BCUT2D eigenvalue weighted by molar-refractivity contribution is 5.97. The Morgan fingerprint density at radius 2 is 2.11 bits per heavy atom. The third-order valence-electron chi connectivity index (χ3n) is 2.83. The fraction of sp³-hybridized carbons (Fsp3) is 0.500. The van der Waals surface area contributed by atoms with Crippen molar-refractivity contribution in [1.29, 1.82) is 0 Å². The molecule has 0 heterocycles. The molecule has 4 nitrogen and oxygen atoms in total. The first-order valence-corrected chi connectivity index (χ1v) is 6.31. The quantitative estimate of drug-likeness (QED) is 0.252. The minimum atomic E-state index is -0.443. The minimum Gasteiger partial charge on any atom is -0.409 e. The van der Waals surface area contributed by atoms with E-state index in [-0.39, 0.29) is 16.8 Å². The Labute approximate surface area is 113 Å². The summed E-state index contributed by atoms with van der Waals surface area (Å²) in [6.45, 7) is 7.72. The van der Waals surface area contributed by atoms with Gasteiger partial charge in [0.05, 0.1) is 5.56 Å². The minimum absolute atomic E-state index is 0.123. The number of halogens is 1. The maximum atomic E-state index is 14.1. The number of oxime groups is 1. The van der Waals surface area contributed by atoms with Crippen LogP contribution < -0.4 is 11.1 Å². The van der Waals surface area contributed by atoms with E-state index in [1.807, 2.05) is 0 Å². The zero-order chi connectivity index (χ0) is 14.5. The van der Waals surface area contributed by atoms with Gasteiger partial charge in [0, 0.05) is 12.1 Å². The average Bonchev–Trinajstić information content (AvgIpc) is 2.34. The van der Waals surface area contributed by atoms with E-state index in [0.717, 1.165) is 13.0 Å². The molecule has 0 radical (unpaired) electrons. The summed E-state index contributed by atoms with van der Waals surface area (Å²) in [6, 6.07) is 4.87. The summed E-state index contributed by atoms with van der Waals surface area (Å²) in [4.78, 5) is 0. The molecule has 0 aliphatic heterocycles. The van der Waals surface area contributed by atoms with Gasteiger partial charge in [0.2, 0.25) is 0 Å². The number of nitrogens with two attached hydrogens (primary N) is 1. The standard InChI is InChI=1S/C14H22FN3O/c1-14(2,3)7-8-17-9-10-5-4-6-11(12(10)15)13(16)18-19/h4-6,17,19H,7-9H2,1-3H3,(H2,16,18). The third kappa shape index (κ3) is 4.87. The number of nitrogens with zero attached hydrogens (tertiary/aromatic N) is 1. The molecule has 0 amide bonds. The summed E-state index contributed by atoms with van der Waals surface area (Å²) in [5.74, 6) is -0.657. The van der Waals surface area contributed by atoms with Crippen molar-refractivity contribution in [3.63, 3.8) is 0 Å². The molecule has 1 aromatic carbocycles. The van der Waals surface area contributed by atoms with E-state index in [1.165, 1.54) is 6.07 Å². The van der Waals surface area contributed by atoms with Crippen LogP contribution in [0.4, 0.5) is 4.39 Å². The molecular formula is C14H22FN3O. The molecule has 5 heteroatoms. The van der Waals surface area contributed by atoms with Crippen molar-refractivity contribution < 1.29 is 9.60 Å². The summed E-state index contributed by atoms with van der Waals surface area (Å²) in [5, 5.41) is 14.6. The van der Waals surface area contributed by atoms with Gasteiger partial charge < -0.3 is 16.3 Å². The highest BCUT2D eigenvalue weighted by atomic mass is 19.1. The normalized spacial score (nSPS) is 12.7. The topological polar surface area (TPSA) is 70.6 Å². The second-order valence-electron chi connectivity index (χ2n) is 5.75. The maximum Gasteiger partial charge on any atom is 0.173 e. The number of amidine groups is 1. The lowest BCUT2D eigenvalue weighted by Gasteiger charge is -2.18. The van der Waals surface area contributed by atoms with Crippen LogP contribution in [0.25, 0.3) is 0 Å². The van der Waals surface area contributed by atoms with Gasteiger partial charge in [-0.2, -0.15) is 0 Å². The summed E-state index contributed by atoms with van der Waals surface area (Å²) < 4.78 is 14.1. The Morgan fingerprint density at radius 1 is 1.42 bits per heavy atom. The molecule has 0 aliphatic rings. The first kappa shape index (κ1) is 15.4. The molecule has 19 heavy (non-hydrogen) atoms. The Kier molecular flexibility index (Phi) is 5.30. The SMILES string of the molecule is CC(C)(C)CCNCc1cccc(/C(N)=N/O)c1F. The molecule has 1 aromatic rings. The summed E-state index contributed by atoms with van der Waals surface area (Å²) in [5.41, 5.74) is 6.30. The highest BCUT2D eigenvalue weighted by Crippen LogP contribution is 2.17. The summed E-state index contributed by atoms with van der Waals surface area (Å²) >= 11 is 0. The smallest absolute Gasteiger partial charge is 0.173 e. The highest BCUT2D eigenvalue weighted by Gasteiger charge is 2.12. The van der Waals surface area contributed by atoms with E-state index >= 15 is 0 Å². The fourth-order valence-corrected chi connectivity index (χ4v) is 1.65. The first-order chi connectivity index (χ1) is 8.85. The number of benzene rings is 1. The monoisotopic (exact) mass is 267 g/mol. The first-order valence-electron chi connectivity index (χ1n) is 6.31. The van der Waals surface area contributed by atoms with Gasteiger partial charge in [0.1, 0.15) is 5.82 Å². The van der Waals surface area contributed by atoms with Gasteiger partial charge in [-0.1, -0.05) is 38.1 Å². The lowest BCUT2D eigenvalue weighted by atomic mass is 9.92. The molecule has 0 saturated heterocycles. The van der Waals surface area contributed by atoms with E-state index in [1.54, 1.807) is 12.1 Å². The number of hydrogen-bond donors (Lipinski definition) is 3. The van der Waals surface area contributed by atoms with Crippen LogP contribution in [0, 0.1) is 11.2 Å². The van der Waals surface area contributed by atoms with Crippen LogP contribution in [0.1, 0.15) is 38.3 Å². The van der Waals surface area contributed by atoms with Gasteiger partial charge in [-0.25, -0.2) is 4.39 Å².